The van der Waals surface area contributed by atoms with Crippen LogP contribution in [0.4, 0.5) is 10.5 Å². The fourth-order valence-electron chi connectivity index (χ4n) is 3.05. The van der Waals surface area contributed by atoms with Gasteiger partial charge in [0.15, 0.2) is 0 Å². The number of hydrogen-bond donors (Lipinski definition) is 1. The number of sulfonamides is 1. The molecule has 3 rings (SSSR count). The summed E-state index contributed by atoms with van der Waals surface area (Å²) in [6.07, 6.45) is 1.07. The van der Waals surface area contributed by atoms with Gasteiger partial charge in [0.25, 0.3) is 0 Å². The lowest BCUT2D eigenvalue weighted by Crippen LogP contribution is -2.40. The maximum atomic E-state index is 12.4. The summed E-state index contributed by atoms with van der Waals surface area (Å²) in [5.41, 5.74) is 6.99. The maximum absolute atomic E-state index is 12.4. The third-order valence-corrected chi connectivity index (χ3v) is 5.59. The van der Waals surface area contributed by atoms with Crippen LogP contribution in [0.25, 0.3) is 11.0 Å². The van der Waals surface area contributed by atoms with E-state index in [1.165, 1.54) is 12.1 Å². The number of halogens is 1. The number of anilines is 1. The van der Waals surface area contributed by atoms with Crippen LogP contribution in [-0.4, -0.2) is 20.7 Å². The zero-order chi connectivity index (χ0) is 20.6. The van der Waals surface area contributed by atoms with E-state index in [4.69, 9.17) is 21.8 Å². The normalized spacial score (nSPS) is 11.5. The Balaban J connectivity index is 2.08. The molecule has 0 saturated heterocycles. The molecule has 9 heteroatoms. The van der Waals surface area contributed by atoms with Gasteiger partial charge >= 0.3 is 11.7 Å². The van der Waals surface area contributed by atoms with E-state index in [0.29, 0.717) is 37.0 Å². The molecule has 0 atom stereocenters. The van der Waals surface area contributed by atoms with Gasteiger partial charge in [-0.15, -0.1) is 0 Å². The molecule has 0 aliphatic heterocycles. The Bertz CT molecular complexity index is 1250. The second-order valence-corrected chi connectivity index (χ2v) is 8.61. The van der Waals surface area contributed by atoms with E-state index in [1.54, 1.807) is 37.3 Å². The highest BCUT2D eigenvalue weighted by Gasteiger charge is 2.23. The van der Waals surface area contributed by atoms with Gasteiger partial charge in [-0.3, -0.25) is 0 Å². The third-order valence-electron chi connectivity index (χ3n) is 4.31. The van der Waals surface area contributed by atoms with Crippen LogP contribution in [-0.2, 0) is 16.4 Å². The first kappa shape index (κ1) is 19.9. The first-order valence-corrected chi connectivity index (χ1v) is 10.4. The number of nitrogens with two attached hydrogens (primary N) is 1. The van der Waals surface area contributed by atoms with Crippen molar-refractivity contribution in [2.75, 3.05) is 10.6 Å². The Labute approximate surface area is 166 Å². The number of fused-ring (bicyclic) bond motifs is 1. The largest absolute Gasteiger partial charge is 0.423 e. The van der Waals surface area contributed by atoms with Gasteiger partial charge in [0.05, 0.1) is 11.9 Å². The van der Waals surface area contributed by atoms with Gasteiger partial charge in [-0.05, 0) is 48.4 Å². The van der Waals surface area contributed by atoms with Crippen molar-refractivity contribution in [2.45, 2.75) is 13.3 Å². The van der Waals surface area contributed by atoms with Gasteiger partial charge in [0.2, 0.25) is 10.0 Å². The number of hydrogen-bond acceptors (Lipinski definition) is 5. The molecule has 28 heavy (non-hydrogen) atoms. The van der Waals surface area contributed by atoms with Gasteiger partial charge in [-0.1, -0.05) is 23.7 Å². The van der Waals surface area contributed by atoms with Crippen molar-refractivity contribution in [1.29, 1.82) is 0 Å². The molecule has 0 saturated carbocycles. The van der Waals surface area contributed by atoms with E-state index < -0.39 is 21.7 Å². The lowest BCUT2D eigenvalue weighted by Gasteiger charge is -2.18. The quantitative estimate of drug-likeness (QED) is 0.651. The lowest BCUT2D eigenvalue weighted by atomic mass is 9.99. The maximum Gasteiger partial charge on any atom is 0.340 e. The molecule has 146 valence electrons. The molecule has 0 fully saturated rings. The molecule has 0 spiro atoms. The van der Waals surface area contributed by atoms with E-state index in [0.717, 1.165) is 6.26 Å². The van der Waals surface area contributed by atoms with E-state index in [1.807, 2.05) is 0 Å². The Morgan fingerprint density at radius 1 is 1.21 bits per heavy atom. The molecule has 3 aromatic rings. The van der Waals surface area contributed by atoms with Gasteiger partial charge in [-0.25, -0.2) is 18.0 Å². The number of aryl methyl sites for hydroxylation is 1. The first-order chi connectivity index (χ1) is 13.1. The molecule has 2 amide bonds. The second kappa shape index (κ2) is 7.29. The van der Waals surface area contributed by atoms with Crippen LogP contribution in [0.2, 0.25) is 5.02 Å². The fourth-order valence-corrected chi connectivity index (χ4v) is 4.04. The first-order valence-electron chi connectivity index (χ1n) is 8.18. The summed E-state index contributed by atoms with van der Waals surface area (Å²) < 4.78 is 29.6. The van der Waals surface area contributed by atoms with E-state index in [-0.39, 0.29) is 12.1 Å². The molecule has 0 aliphatic rings. The van der Waals surface area contributed by atoms with E-state index in [2.05, 4.69) is 0 Å². The van der Waals surface area contributed by atoms with Crippen molar-refractivity contribution in [1.82, 2.24) is 0 Å². The van der Waals surface area contributed by atoms with Gasteiger partial charge in [0, 0.05) is 22.4 Å². The number of rotatable bonds is 4. The lowest BCUT2D eigenvalue weighted by molar-refractivity contribution is 0.257. The predicted octanol–water partition coefficient (Wildman–Crippen LogP) is 3.19. The van der Waals surface area contributed by atoms with E-state index in [9.17, 15) is 18.0 Å². The second-order valence-electron chi connectivity index (χ2n) is 6.35. The SMILES string of the molecule is Cc1c(Cc2cccc(N(C(N)=O)S(C)(=O)=O)c2)c(=O)oc2ccc(Cl)cc12. The highest BCUT2D eigenvalue weighted by molar-refractivity contribution is 7.92. The van der Waals surface area contributed by atoms with Crippen LogP contribution in [0.3, 0.4) is 0 Å². The average molecular weight is 421 g/mol. The summed E-state index contributed by atoms with van der Waals surface area (Å²) in [7, 11) is -3.89. The minimum absolute atomic E-state index is 0.0957. The summed E-state index contributed by atoms with van der Waals surface area (Å²) in [5.74, 6) is 0. The molecule has 2 aromatic carbocycles. The Hall–Kier alpha value is -2.84. The molecule has 0 unspecified atom stereocenters. The van der Waals surface area contributed by atoms with Gasteiger partial charge in [0.1, 0.15) is 5.58 Å². The van der Waals surface area contributed by atoms with Crippen LogP contribution >= 0.6 is 11.6 Å². The molecule has 0 radical (unpaired) electrons. The summed E-state index contributed by atoms with van der Waals surface area (Å²) in [6, 6.07) is 10.1. The van der Waals surface area contributed by atoms with Crippen molar-refractivity contribution in [3.8, 4) is 0 Å². The zero-order valence-corrected chi connectivity index (χ0v) is 16.7. The summed E-state index contributed by atoms with van der Waals surface area (Å²) in [6.45, 7) is 1.79. The molecule has 0 bridgehead atoms. The van der Waals surface area contributed by atoms with Crippen molar-refractivity contribution >= 4 is 44.3 Å². The molecule has 1 heterocycles. The van der Waals surface area contributed by atoms with Crippen molar-refractivity contribution < 1.29 is 17.6 Å². The van der Waals surface area contributed by atoms with Crippen LogP contribution in [0.5, 0.6) is 0 Å². The monoisotopic (exact) mass is 420 g/mol. The molecular weight excluding hydrogens is 404 g/mol. The van der Waals surface area contributed by atoms with Crippen LogP contribution in [0.1, 0.15) is 16.7 Å². The van der Waals surface area contributed by atoms with Crippen molar-refractivity contribution in [3.05, 3.63) is 74.6 Å². The number of carbonyl (C=O) groups excluding carboxylic acids is 1. The molecule has 7 nitrogen and oxygen atoms in total. The highest BCUT2D eigenvalue weighted by Crippen LogP contribution is 2.26. The van der Waals surface area contributed by atoms with Gasteiger partial charge in [-0.2, -0.15) is 4.31 Å². The summed E-state index contributed by atoms with van der Waals surface area (Å²) >= 11 is 6.04. The number of primary amides is 1. The van der Waals surface area contributed by atoms with Crippen LogP contribution in [0, 0.1) is 6.92 Å². The van der Waals surface area contributed by atoms with Crippen molar-refractivity contribution in [2.24, 2.45) is 5.73 Å². The molecule has 0 aliphatic carbocycles. The number of nitrogens with zero attached hydrogens (tertiary/aromatic N) is 1. The fraction of sp³-hybridized carbons (Fsp3) is 0.158. The minimum atomic E-state index is -3.89. The average Bonchev–Trinajstić information content (AvgIpc) is 2.58. The molecular formula is C19H17ClN2O5S. The standard InChI is InChI=1S/C19H17ClN2O5S/c1-11-15-10-13(20)6-7-17(15)27-18(23)16(11)9-12-4-3-5-14(8-12)22(19(21)24)28(2,25)26/h3-8,10H,9H2,1-2H3,(H2,21,24). The Morgan fingerprint density at radius 2 is 1.93 bits per heavy atom. The van der Waals surface area contributed by atoms with Crippen LogP contribution in [0.15, 0.2) is 51.7 Å². The number of amides is 2. The number of benzene rings is 2. The van der Waals surface area contributed by atoms with Crippen LogP contribution < -0.4 is 15.7 Å². The minimum Gasteiger partial charge on any atom is -0.423 e. The smallest absolute Gasteiger partial charge is 0.340 e. The molecule has 1 aromatic heterocycles. The zero-order valence-electron chi connectivity index (χ0n) is 15.1. The Morgan fingerprint density at radius 3 is 2.57 bits per heavy atom. The van der Waals surface area contributed by atoms with E-state index >= 15 is 0 Å². The number of carbonyl (C=O) groups is 1. The summed E-state index contributed by atoms with van der Waals surface area (Å²) in [5, 5.41) is 1.23. The molecule has 2 N–H and O–H groups in total. The predicted molar refractivity (Wildman–Crippen MR) is 108 cm³/mol. The Kier molecular flexibility index (Phi) is 5.18. The number of urea groups is 1. The highest BCUT2D eigenvalue weighted by atomic mass is 35.5. The third kappa shape index (κ3) is 3.88. The topological polar surface area (TPSA) is 111 Å². The van der Waals surface area contributed by atoms with Crippen molar-refractivity contribution in [3.63, 3.8) is 0 Å². The van der Waals surface area contributed by atoms with Gasteiger partial charge < -0.3 is 10.2 Å². The summed E-state index contributed by atoms with van der Waals surface area (Å²) in [4.78, 5) is 24.0.